The van der Waals surface area contributed by atoms with Crippen LogP contribution in [0.4, 0.5) is 5.82 Å². The second-order valence-corrected chi connectivity index (χ2v) is 4.34. The van der Waals surface area contributed by atoms with E-state index in [4.69, 9.17) is 5.26 Å². The molecule has 20 heavy (non-hydrogen) atoms. The Kier molecular flexibility index (Phi) is 4.45. The molecule has 1 heterocycles. The third-order valence-corrected chi connectivity index (χ3v) is 2.75. The van der Waals surface area contributed by atoms with Crippen LogP contribution in [-0.2, 0) is 11.3 Å². The van der Waals surface area contributed by atoms with Crippen LogP contribution in [0.25, 0.3) is 0 Å². The molecular formula is C14H15N5O. The quantitative estimate of drug-likeness (QED) is 0.899. The molecule has 1 N–H and O–H groups in total. The Labute approximate surface area is 117 Å². The van der Waals surface area contributed by atoms with E-state index >= 15 is 0 Å². The summed E-state index contributed by atoms with van der Waals surface area (Å²) in [5.41, 5.74) is 1.15. The van der Waals surface area contributed by atoms with Gasteiger partial charge in [-0.3, -0.25) is 4.79 Å². The minimum absolute atomic E-state index is 0.130. The maximum Gasteiger partial charge on any atom is 0.225 e. The van der Waals surface area contributed by atoms with Gasteiger partial charge >= 0.3 is 0 Å². The summed E-state index contributed by atoms with van der Waals surface area (Å²) >= 11 is 0. The van der Waals surface area contributed by atoms with Gasteiger partial charge in [0.1, 0.15) is 6.07 Å². The molecule has 0 atom stereocenters. The first-order valence-corrected chi connectivity index (χ1v) is 6.42. The van der Waals surface area contributed by atoms with Gasteiger partial charge in [0.2, 0.25) is 11.6 Å². The highest BCUT2D eigenvalue weighted by atomic mass is 16.1. The van der Waals surface area contributed by atoms with Gasteiger partial charge in [-0.2, -0.15) is 5.26 Å². The summed E-state index contributed by atoms with van der Waals surface area (Å²) in [6.45, 7) is 2.38. The summed E-state index contributed by atoms with van der Waals surface area (Å²) in [5.74, 6) is 0.218. The maximum absolute atomic E-state index is 11.7. The average Bonchev–Trinajstić information content (AvgIpc) is 2.82. The molecule has 0 aliphatic heterocycles. The predicted octanol–water partition coefficient (Wildman–Crippen LogP) is 1.94. The van der Waals surface area contributed by atoms with E-state index < -0.39 is 0 Å². The Morgan fingerprint density at radius 2 is 2.15 bits per heavy atom. The van der Waals surface area contributed by atoms with E-state index in [1.54, 1.807) is 0 Å². The monoisotopic (exact) mass is 269 g/mol. The standard InChI is InChI=1S/C14H15N5O/c1-2-6-13(20)16-14-12(9-15)17-18-19(14)10-11-7-4-3-5-8-11/h3-5,7-8H,2,6,10H2,1H3,(H,16,20). The minimum atomic E-state index is -0.138. The van der Waals surface area contributed by atoms with Crippen molar-refractivity contribution in [1.29, 1.82) is 5.26 Å². The lowest BCUT2D eigenvalue weighted by Gasteiger charge is -2.07. The van der Waals surface area contributed by atoms with Gasteiger partial charge in [-0.1, -0.05) is 42.5 Å². The highest BCUT2D eigenvalue weighted by Gasteiger charge is 2.15. The van der Waals surface area contributed by atoms with Crippen molar-refractivity contribution >= 4 is 11.7 Å². The summed E-state index contributed by atoms with van der Waals surface area (Å²) in [4.78, 5) is 11.7. The summed E-state index contributed by atoms with van der Waals surface area (Å²) in [7, 11) is 0. The van der Waals surface area contributed by atoms with Crippen molar-refractivity contribution in [2.75, 3.05) is 5.32 Å². The molecule has 1 aromatic carbocycles. The number of nitriles is 1. The van der Waals surface area contributed by atoms with Crippen molar-refractivity contribution in [1.82, 2.24) is 15.0 Å². The number of benzene rings is 1. The SMILES string of the molecule is CCCC(=O)Nc1c(C#N)nnn1Cc1ccccc1. The van der Waals surface area contributed by atoms with Crippen LogP contribution in [0.5, 0.6) is 0 Å². The summed E-state index contributed by atoms with van der Waals surface area (Å²) < 4.78 is 1.53. The number of rotatable bonds is 5. The van der Waals surface area contributed by atoms with Crippen molar-refractivity contribution < 1.29 is 4.79 Å². The number of nitrogens with zero attached hydrogens (tertiary/aromatic N) is 4. The second kappa shape index (κ2) is 6.48. The third kappa shape index (κ3) is 3.20. The van der Waals surface area contributed by atoms with Crippen molar-refractivity contribution in [3.05, 3.63) is 41.6 Å². The number of anilines is 1. The molecule has 1 aromatic heterocycles. The normalized spacial score (nSPS) is 10.0. The first kappa shape index (κ1) is 13.7. The van der Waals surface area contributed by atoms with Crippen molar-refractivity contribution in [2.24, 2.45) is 0 Å². The molecule has 0 radical (unpaired) electrons. The fourth-order valence-corrected chi connectivity index (χ4v) is 1.80. The second-order valence-electron chi connectivity index (χ2n) is 4.34. The predicted molar refractivity (Wildman–Crippen MR) is 73.8 cm³/mol. The number of hydrogen-bond acceptors (Lipinski definition) is 4. The highest BCUT2D eigenvalue weighted by Crippen LogP contribution is 2.14. The number of aromatic nitrogens is 3. The number of nitrogens with one attached hydrogen (secondary N) is 1. The van der Waals surface area contributed by atoms with Crippen LogP contribution in [0, 0.1) is 11.3 Å². The van der Waals surface area contributed by atoms with E-state index in [1.165, 1.54) is 4.68 Å². The van der Waals surface area contributed by atoms with Crippen LogP contribution in [-0.4, -0.2) is 20.9 Å². The van der Waals surface area contributed by atoms with E-state index in [0.29, 0.717) is 18.8 Å². The van der Waals surface area contributed by atoms with Crippen molar-refractivity contribution in [3.63, 3.8) is 0 Å². The molecule has 6 nitrogen and oxygen atoms in total. The lowest BCUT2D eigenvalue weighted by molar-refractivity contribution is -0.116. The molecule has 0 saturated heterocycles. The molecule has 2 aromatic rings. The van der Waals surface area contributed by atoms with Crippen LogP contribution in [0.3, 0.4) is 0 Å². The molecule has 0 aliphatic rings. The lowest BCUT2D eigenvalue weighted by Crippen LogP contribution is -2.16. The van der Waals surface area contributed by atoms with Gasteiger partial charge in [0, 0.05) is 6.42 Å². The van der Waals surface area contributed by atoms with E-state index in [1.807, 2.05) is 43.3 Å². The maximum atomic E-state index is 11.7. The summed E-state index contributed by atoms with van der Waals surface area (Å²) in [6.07, 6.45) is 1.15. The van der Waals surface area contributed by atoms with Crippen LogP contribution < -0.4 is 5.32 Å². The van der Waals surface area contributed by atoms with Gasteiger partial charge in [-0.05, 0) is 12.0 Å². The highest BCUT2D eigenvalue weighted by molar-refractivity contribution is 5.90. The van der Waals surface area contributed by atoms with Crippen LogP contribution in [0.15, 0.2) is 30.3 Å². The molecular weight excluding hydrogens is 254 g/mol. The smallest absolute Gasteiger partial charge is 0.225 e. The fourth-order valence-electron chi connectivity index (χ4n) is 1.80. The lowest BCUT2D eigenvalue weighted by atomic mass is 10.2. The fraction of sp³-hybridized carbons (Fsp3) is 0.286. The van der Waals surface area contributed by atoms with Gasteiger partial charge in [0.05, 0.1) is 6.54 Å². The summed E-state index contributed by atoms with van der Waals surface area (Å²) in [5, 5.41) is 19.4. The molecule has 1 amide bonds. The Morgan fingerprint density at radius 3 is 2.80 bits per heavy atom. The number of hydrogen-bond donors (Lipinski definition) is 1. The van der Waals surface area contributed by atoms with E-state index in [9.17, 15) is 4.79 Å². The number of amides is 1. The molecule has 6 heteroatoms. The number of carbonyl (C=O) groups is 1. The zero-order valence-electron chi connectivity index (χ0n) is 11.2. The van der Waals surface area contributed by atoms with Gasteiger partial charge < -0.3 is 5.32 Å². The van der Waals surface area contributed by atoms with Crippen LogP contribution >= 0.6 is 0 Å². The summed E-state index contributed by atoms with van der Waals surface area (Å²) in [6, 6.07) is 11.6. The van der Waals surface area contributed by atoms with E-state index in [2.05, 4.69) is 15.6 Å². The molecule has 0 unspecified atom stereocenters. The largest absolute Gasteiger partial charge is 0.308 e. The molecule has 0 aliphatic carbocycles. The Balaban J connectivity index is 2.23. The average molecular weight is 269 g/mol. The Morgan fingerprint density at radius 1 is 1.40 bits per heavy atom. The Hall–Kier alpha value is -2.68. The topological polar surface area (TPSA) is 83.6 Å². The molecule has 0 bridgehead atoms. The van der Waals surface area contributed by atoms with E-state index in [0.717, 1.165) is 12.0 Å². The van der Waals surface area contributed by atoms with Crippen molar-refractivity contribution in [3.8, 4) is 6.07 Å². The van der Waals surface area contributed by atoms with Gasteiger partial charge in [0.15, 0.2) is 5.82 Å². The molecule has 102 valence electrons. The zero-order valence-corrected chi connectivity index (χ0v) is 11.2. The molecule has 2 rings (SSSR count). The third-order valence-electron chi connectivity index (χ3n) is 2.75. The molecule has 0 spiro atoms. The first-order valence-electron chi connectivity index (χ1n) is 6.42. The van der Waals surface area contributed by atoms with Crippen LogP contribution in [0.1, 0.15) is 31.0 Å². The molecule has 0 fully saturated rings. The van der Waals surface area contributed by atoms with E-state index in [-0.39, 0.29) is 11.6 Å². The van der Waals surface area contributed by atoms with Crippen LogP contribution in [0.2, 0.25) is 0 Å². The minimum Gasteiger partial charge on any atom is -0.308 e. The first-order chi connectivity index (χ1) is 9.74. The zero-order chi connectivity index (χ0) is 14.4. The Bertz CT molecular complexity index is 627. The van der Waals surface area contributed by atoms with Crippen molar-refractivity contribution in [2.45, 2.75) is 26.3 Å². The molecule has 0 saturated carbocycles. The van der Waals surface area contributed by atoms with Gasteiger partial charge in [0.25, 0.3) is 0 Å². The van der Waals surface area contributed by atoms with Gasteiger partial charge in [-0.15, -0.1) is 5.10 Å². The van der Waals surface area contributed by atoms with Gasteiger partial charge in [-0.25, -0.2) is 4.68 Å². The number of carbonyl (C=O) groups excluding carboxylic acids is 1.